The molecule has 4 heterocycles. The molecular formula is C11H19BN3O3-. The lowest BCUT2D eigenvalue weighted by molar-refractivity contribution is -0.119. The smallest absolute Gasteiger partial charge is 0.431 e. The predicted molar refractivity (Wildman–Crippen MR) is 66.2 cm³/mol. The van der Waals surface area contributed by atoms with Gasteiger partial charge in [-0.2, -0.15) is 5.10 Å². The van der Waals surface area contributed by atoms with Crippen molar-refractivity contribution in [1.82, 2.24) is 15.0 Å². The molecule has 100 valence electrons. The van der Waals surface area contributed by atoms with Crippen LogP contribution in [0.5, 0.6) is 0 Å². The van der Waals surface area contributed by atoms with E-state index in [1.807, 2.05) is 10.9 Å². The zero-order valence-electron chi connectivity index (χ0n) is 11.1. The molecule has 0 amide bonds. The number of hydrogen-bond donors (Lipinski definition) is 0. The molecule has 0 spiro atoms. The number of nitrogens with zero attached hydrogens (tertiary/aromatic N) is 3. The molecule has 0 aromatic carbocycles. The SMILES string of the molecule is CC(C)Cn1cc([B-]23OCC(C)(CO2)CO3)nn1. The van der Waals surface area contributed by atoms with Crippen molar-refractivity contribution in [3.05, 3.63) is 6.20 Å². The van der Waals surface area contributed by atoms with Crippen LogP contribution >= 0.6 is 0 Å². The topological polar surface area (TPSA) is 58.4 Å². The van der Waals surface area contributed by atoms with Gasteiger partial charge in [-0.15, -0.1) is 0 Å². The summed E-state index contributed by atoms with van der Waals surface area (Å²) < 4.78 is 19.1. The van der Waals surface area contributed by atoms with E-state index in [2.05, 4.69) is 31.1 Å². The second-order valence-corrected chi connectivity index (χ2v) is 6.15. The highest BCUT2D eigenvalue weighted by molar-refractivity contribution is 6.74. The zero-order chi connectivity index (χ0) is 12.8. The minimum atomic E-state index is -1.85. The van der Waals surface area contributed by atoms with Crippen LogP contribution in [0, 0.1) is 11.3 Å². The highest BCUT2D eigenvalue weighted by atomic mass is 16.8. The van der Waals surface area contributed by atoms with Gasteiger partial charge < -0.3 is 14.0 Å². The third-order valence-corrected chi connectivity index (χ3v) is 3.42. The number of aromatic nitrogens is 3. The summed E-state index contributed by atoms with van der Waals surface area (Å²) in [5.74, 6) is 0.522. The van der Waals surface area contributed by atoms with Crippen LogP contribution in [0.4, 0.5) is 0 Å². The Kier molecular flexibility index (Phi) is 2.73. The first kappa shape index (κ1) is 12.1. The molecule has 0 unspecified atom stereocenters. The zero-order valence-corrected chi connectivity index (χ0v) is 11.1. The summed E-state index contributed by atoms with van der Waals surface area (Å²) in [5, 5.41) is 8.25. The molecular weight excluding hydrogens is 233 g/mol. The van der Waals surface area contributed by atoms with Crippen LogP contribution in [0.25, 0.3) is 0 Å². The Hall–Kier alpha value is -0.915. The summed E-state index contributed by atoms with van der Waals surface area (Å²) in [6.45, 7) is 7.32. The maximum absolute atomic E-state index is 5.77. The summed E-state index contributed by atoms with van der Waals surface area (Å²) in [6.07, 6.45) is 1.87. The minimum absolute atomic E-state index is 0.0164. The van der Waals surface area contributed by atoms with Crippen molar-refractivity contribution in [2.45, 2.75) is 27.3 Å². The van der Waals surface area contributed by atoms with E-state index >= 15 is 0 Å². The standard InChI is InChI=1S/C11H19BN3O3/c1-9(2)4-15-5-10(13-14-15)12-16-6-11(3,7-17-12)8-18-12/h5,9H,4,6-8H2,1-3H3/q-1. The molecule has 4 rings (SSSR count). The summed E-state index contributed by atoms with van der Waals surface area (Å²) >= 11 is 0. The number of hydrogen-bond acceptors (Lipinski definition) is 5. The molecule has 3 fully saturated rings. The summed E-state index contributed by atoms with van der Waals surface area (Å²) in [7, 11) is 0. The average molecular weight is 252 g/mol. The first-order valence-electron chi connectivity index (χ1n) is 6.47. The quantitative estimate of drug-likeness (QED) is 0.717. The first-order chi connectivity index (χ1) is 8.51. The molecule has 3 aliphatic heterocycles. The fourth-order valence-corrected chi connectivity index (χ4v) is 2.40. The molecule has 6 nitrogen and oxygen atoms in total. The molecule has 0 radical (unpaired) electrons. The Labute approximate surface area is 107 Å². The summed E-state index contributed by atoms with van der Waals surface area (Å²) in [6, 6.07) is 0. The van der Waals surface area contributed by atoms with Crippen LogP contribution < -0.4 is 5.59 Å². The largest absolute Gasteiger partial charge is 0.539 e. The second kappa shape index (κ2) is 4.04. The predicted octanol–water partition coefficient (Wildman–Crippen LogP) is 0.163. The van der Waals surface area contributed by atoms with Gasteiger partial charge in [-0.05, 0) is 5.92 Å². The van der Waals surface area contributed by atoms with Crippen molar-refractivity contribution < 1.29 is 14.0 Å². The van der Waals surface area contributed by atoms with Crippen molar-refractivity contribution >= 4 is 12.3 Å². The number of fused-ring (bicyclic) bond motifs is 3. The monoisotopic (exact) mass is 252 g/mol. The van der Waals surface area contributed by atoms with Gasteiger partial charge in [0.2, 0.25) is 0 Å². The van der Waals surface area contributed by atoms with Gasteiger partial charge in [-0.3, -0.25) is 4.68 Å². The van der Waals surface area contributed by atoms with Crippen LogP contribution in [0.2, 0.25) is 0 Å². The molecule has 7 heteroatoms. The van der Waals surface area contributed by atoms with Crippen LogP contribution in [0.15, 0.2) is 6.20 Å². The fourth-order valence-electron chi connectivity index (χ4n) is 2.40. The molecule has 1 aromatic heterocycles. The van der Waals surface area contributed by atoms with E-state index in [0.717, 1.165) is 6.54 Å². The maximum atomic E-state index is 5.77. The Balaban J connectivity index is 1.80. The van der Waals surface area contributed by atoms with E-state index in [9.17, 15) is 0 Å². The highest BCUT2D eigenvalue weighted by Gasteiger charge is 2.48. The fraction of sp³-hybridized carbons (Fsp3) is 0.818. The van der Waals surface area contributed by atoms with E-state index in [4.69, 9.17) is 14.0 Å². The normalized spacial score (nSPS) is 35.3. The van der Waals surface area contributed by atoms with Crippen LogP contribution in [-0.2, 0) is 20.5 Å². The van der Waals surface area contributed by atoms with Crippen molar-refractivity contribution in [3.8, 4) is 0 Å². The average Bonchev–Trinajstić information content (AvgIpc) is 2.79. The third-order valence-electron chi connectivity index (χ3n) is 3.42. The Bertz CT molecular complexity index is 424. The second-order valence-electron chi connectivity index (χ2n) is 6.15. The van der Waals surface area contributed by atoms with Crippen LogP contribution in [-0.4, -0.2) is 41.6 Å². The Morgan fingerprint density at radius 1 is 1.33 bits per heavy atom. The van der Waals surface area contributed by atoms with Crippen molar-refractivity contribution in [2.75, 3.05) is 19.8 Å². The van der Waals surface area contributed by atoms with Gasteiger partial charge in [0.25, 0.3) is 0 Å². The van der Waals surface area contributed by atoms with Crippen molar-refractivity contribution in [2.24, 2.45) is 11.3 Å². The van der Waals surface area contributed by atoms with Gasteiger partial charge in [0.1, 0.15) is 0 Å². The van der Waals surface area contributed by atoms with Gasteiger partial charge in [0.15, 0.2) is 0 Å². The van der Waals surface area contributed by atoms with E-state index in [1.165, 1.54) is 0 Å². The van der Waals surface area contributed by atoms with E-state index in [1.54, 1.807) is 0 Å². The van der Waals surface area contributed by atoms with Crippen LogP contribution in [0.3, 0.4) is 0 Å². The van der Waals surface area contributed by atoms with Gasteiger partial charge >= 0.3 is 6.75 Å². The van der Waals surface area contributed by atoms with Gasteiger partial charge in [-0.25, -0.2) is 0 Å². The number of rotatable bonds is 3. The molecule has 2 bridgehead atoms. The molecule has 0 N–H and O–H groups in total. The minimum Gasteiger partial charge on any atom is -0.539 e. The van der Waals surface area contributed by atoms with E-state index < -0.39 is 6.75 Å². The van der Waals surface area contributed by atoms with Crippen molar-refractivity contribution in [1.29, 1.82) is 0 Å². The van der Waals surface area contributed by atoms with Crippen LogP contribution in [0.1, 0.15) is 20.8 Å². The molecule has 3 saturated heterocycles. The van der Waals surface area contributed by atoms with E-state index in [-0.39, 0.29) is 5.41 Å². The molecule has 0 aliphatic carbocycles. The molecule has 3 aliphatic rings. The maximum Gasteiger partial charge on any atom is 0.431 e. The van der Waals surface area contributed by atoms with Gasteiger partial charge in [0, 0.05) is 43.6 Å². The lowest BCUT2D eigenvalue weighted by Gasteiger charge is -2.57. The highest BCUT2D eigenvalue weighted by Crippen LogP contribution is 2.34. The first-order valence-corrected chi connectivity index (χ1v) is 6.47. The van der Waals surface area contributed by atoms with Crippen molar-refractivity contribution in [3.63, 3.8) is 0 Å². The van der Waals surface area contributed by atoms with Gasteiger partial charge in [-0.1, -0.05) is 26.0 Å². The lowest BCUT2D eigenvalue weighted by Crippen LogP contribution is -2.69. The molecule has 0 saturated carbocycles. The summed E-state index contributed by atoms with van der Waals surface area (Å²) in [4.78, 5) is 0. The third kappa shape index (κ3) is 1.96. The molecule has 1 aromatic rings. The Morgan fingerprint density at radius 2 is 1.94 bits per heavy atom. The summed E-state index contributed by atoms with van der Waals surface area (Å²) in [5.41, 5.74) is 0.648. The molecule has 0 atom stereocenters. The van der Waals surface area contributed by atoms with Gasteiger partial charge in [0.05, 0.1) is 0 Å². The molecule has 18 heavy (non-hydrogen) atoms. The van der Waals surface area contributed by atoms with E-state index in [0.29, 0.717) is 31.3 Å². The lowest BCUT2D eigenvalue weighted by atomic mass is 9.68. The Morgan fingerprint density at radius 3 is 2.50 bits per heavy atom.